The molecule has 1 saturated heterocycles. The largest absolute Gasteiger partial charge is 0.469 e. The quantitative estimate of drug-likeness (QED) is 0.759. The number of anilines is 1. The fourth-order valence-electron chi connectivity index (χ4n) is 3.42. The van der Waals surface area contributed by atoms with E-state index in [-0.39, 0.29) is 24.2 Å². The number of piperidine rings is 1. The Hall–Kier alpha value is -2.02. The second-order valence-electron chi connectivity index (χ2n) is 6.83. The first kappa shape index (κ1) is 22.3. The van der Waals surface area contributed by atoms with Gasteiger partial charge in [-0.2, -0.15) is 0 Å². The molecule has 0 unspecified atom stereocenters. The molecule has 0 aliphatic carbocycles. The van der Waals surface area contributed by atoms with Gasteiger partial charge in [0.15, 0.2) is 0 Å². The van der Waals surface area contributed by atoms with E-state index in [0.29, 0.717) is 46.6 Å². The van der Waals surface area contributed by atoms with Crippen molar-refractivity contribution in [1.82, 2.24) is 10.2 Å². The van der Waals surface area contributed by atoms with Crippen molar-refractivity contribution in [3.63, 3.8) is 0 Å². The molecule has 1 aliphatic rings. The highest BCUT2D eigenvalue weighted by Crippen LogP contribution is 2.26. The van der Waals surface area contributed by atoms with Crippen LogP contribution in [-0.4, -0.2) is 43.4 Å². The van der Waals surface area contributed by atoms with E-state index in [4.69, 9.17) is 16.0 Å². The minimum Gasteiger partial charge on any atom is -0.469 e. The van der Waals surface area contributed by atoms with Crippen molar-refractivity contribution in [1.29, 1.82) is 0 Å². The van der Waals surface area contributed by atoms with Gasteiger partial charge in [0.2, 0.25) is 0 Å². The van der Waals surface area contributed by atoms with Crippen molar-refractivity contribution in [2.24, 2.45) is 5.92 Å². The molecular weight excluding hydrogens is 401 g/mol. The van der Waals surface area contributed by atoms with Gasteiger partial charge in [0.1, 0.15) is 5.76 Å². The molecule has 0 radical (unpaired) electrons. The van der Waals surface area contributed by atoms with Gasteiger partial charge >= 0.3 is 0 Å². The lowest BCUT2D eigenvalue weighted by molar-refractivity contribution is 0.0692. The van der Waals surface area contributed by atoms with Crippen LogP contribution in [-0.2, 0) is 0 Å². The maximum Gasteiger partial charge on any atom is 0.259 e. The van der Waals surface area contributed by atoms with Gasteiger partial charge in [0, 0.05) is 18.1 Å². The van der Waals surface area contributed by atoms with Crippen molar-refractivity contribution >= 4 is 41.5 Å². The summed E-state index contributed by atoms with van der Waals surface area (Å²) in [6, 6.07) is 6.54. The van der Waals surface area contributed by atoms with Gasteiger partial charge in [-0.15, -0.1) is 12.4 Å². The van der Waals surface area contributed by atoms with Crippen molar-refractivity contribution in [3.8, 4) is 0 Å². The highest BCUT2D eigenvalue weighted by atomic mass is 35.5. The Kier molecular flexibility index (Phi) is 7.92. The first-order valence-corrected chi connectivity index (χ1v) is 9.46. The third kappa shape index (κ3) is 5.07. The summed E-state index contributed by atoms with van der Waals surface area (Å²) in [5, 5.41) is 6.45. The summed E-state index contributed by atoms with van der Waals surface area (Å²) in [6.45, 7) is 4.10. The Morgan fingerprint density at radius 1 is 1.21 bits per heavy atom. The molecule has 2 aromatic rings. The Morgan fingerprint density at radius 2 is 1.93 bits per heavy atom. The molecule has 3 rings (SSSR count). The van der Waals surface area contributed by atoms with Crippen molar-refractivity contribution in [2.45, 2.75) is 19.8 Å². The summed E-state index contributed by atoms with van der Waals surface area (Å²) in [5.41, 5.74) is 1.29. The van der Waals surface area contributed by atoms with E-state index < -0.39 is 0 Å². The third-order valence-electron chi connectivity index (χ3n) is 4.96. The van der Waals surface area contributed by atoms with E-state index in [2.05, 4.69) is 10.6 Å². The molecule has 0 spiro atoms. The van der Waals surface area contributed by atoms with Gasteiger partial charge in [-0.05, 0) is 63.5 Å². The lowest BCUT2D eigenvalue weighted by atomic mass is 9.96. The Labute approximate surface area is 176 Å². The number of amides is 2. The molecular formula is C20H25Cl2N3O3. The molecule has 1 aromatic carbocycles. The number of rotatable bonds is 5. The van der Waals surface area contributed by atoms with Crippen LogP contribution in [0.15, 0.2) is 34.9 Å². The zero-order valence-corrected chi connectivity index (χ0v) is 17.5. The first-order valence-electron chi connectivity index (χ1n) is 9.08. The van der Waals surface area contributed by atoms with Crippen LogP contribution < -0.4 is 10.6 Å². The summed E-state index contributed by atoms with van der Waals surface area (Å²) < 4.78 is 5.18. The number of furan rings is 1. The van der Waals surface area contributed by atoms with Gasteiger partial charge in [0.05, 0.1) is 23.1 Å². The van der Waals surface area contributed by atoms with Crippen LogP contribution in [0.2, 0.25) is 5.02 Å². The zero-order valence-electron chi connectivity index (χ0n) is 16.0. The van der Waals surface area contributed by atoms with E-state index in [1.807, 2.05) is 11.9 Å². The molecule has 152 valence electrons. The van der Waals surface area contributed by atoms with Crippen LogP contribution in [0.25, 0.3) is 0 Å². The highest BCUT2D eigenvalue weighted by Gasteiger charge is 2.25. The SMILES string of the molecule is CNCC1CCN(C(=O)c2ccc(Cl)cc2NC(=O)c2ccoc2C)CC1.Cl. The van der Waals surface area contributed by atoms with Crippen LogP contribution in [0.4, 0.5) is 5.69 Å². The smallest absolute Gasteiger partial charge is 0.259 e. The molecule has 8 heteroatoms. The minimum absolute atomic E-state index is 0. The first-order chi connectivity index (χ1) is 13.0. The molecule has 28 heavy (non-hydrogen) atoms. The number of hydrogen-bond donors (Lipinski definition) is 2. The summed E-state index contributed by atoms with van der Waals surface area (Å²) >= 11 is 6.10. The Balaban J connectivity index is 0.00000280. The molecule has 0 saturated carbocycles. The highest BCUT2D eigenvalue weighted by molar-refractivity contribution is 6.31. The number of likely N-dealkylation sites (tertiary alicyclic amines) is 1. The fourth-order valence-corrected chi connectivity index (χ4v) is 3.59. The monoisotopic (exact) mass is 425 g/mol. The van der Waals surface area contributed by atoms with Crippen molar-refractivity contribution in [3.05, 3.63) is 52.4 Å². The molecule has 2 heterocycles. The summed E-state index contributed by atoms with van der Waals surface area (Å²) in [7, 11) is 1.95. The molecule has 2 amide bonds. The maximum atomic E-state index is 13.0. The lowest BCUT2D eigenvalue weighted by Gasteiger charge is -2.32. The molecule has 1 aliphatic heterocycles. The number of hydrogen-bond acceptors (Lipinski definition) is 4. The lowest BCUT2D eigenvalue weighted by Crippen LogP contribution is -2.40. The normalized spacial score (nSPS) is 14.5. The molecule has 1 aromatic heterocycles. The zero-order chi connectivity index (χ0) is 19.4. The van der Waals surface area contributed by atoms with Gasteiger partial charge in [-0.1, -0.05) is 11.6 Å². The number of benzene rings is 1. The number of carbonyl (C=O) groups is 2. The molecule has 6 nitrogen and oxygen atoms in total. The Bertz CT molecular complexity index is 830. The molecule has 2 N–H and O–H groups in total. The van der Waals surface area contributed by atoms with Gasteiger partial charge in [-0.3, -0.25) is 9.59 Å². The predicted octanol–water partition coefficient (Wildman–Crippen LogP) is 3.99. The van der Waals surface area contributed by atoms with E-state index in [0.717, 1.165) is 19.4 Å². The van der Waals surface area contributed by atoms with E-state index in [9.17, 15) is 9.59 Å². The van der Waals surface area contributed by atoms with Gasteiger partial charge in [-0.25, -0.2) is 0 Å². The average Bonchev–Trinajstić information content (AvgIpc) is 3.08. The molecule has 0 bridgehead atoms. The number of aryl methyl sites for hydroxylation is 1. The number of nitrogens with zero attached hydrogens (tertiary/aromatic N) is 1. The average molecular weight is 426 g/mol. The van der Waals surface area contributed by atoms with Gasteiger partial charge in [0.25, 0.3) is 11.8 Å². The van der Waals surface area contributed by atoms with Crippen LogP contribution in [0.5, 0.6) is 0 Å². The summed E-state index contributed by atoms with van der Waals surface area (Å²) in [4.78, 5) is 27.4. The number of halogens is 2. The fraction of sp³-hybridized carbons (Fsp3) is 0.400. The predicted molar refractivity (Wildman–Crippen MR) is 113 cm³/mol. The number of carbonyl (C=O) groups excluding carboxylic acids is 2. The standard InChI is InChI=1S/C20H24ClN3O3.ClH/c1-13-16(7-10-27-13)19(25)23-18-11-15(21)3-4-17(18)20(26)24-8-5-14(6-9-24)12-22-2;/h3-4,7,10-11,14,22H,5-6,8-9,12H2,1-2H3,(H,23,25);1H. The van der Waals surface area contributed by atoms with Crippen molar-refractivity contribution < 1.29 is 14.0 Å². The third-order valence-corrected chi connectivity index (χ3v) is 5.19. The minimum atomic E-state index is -0.328. The topological polar surface area (TPSA) is 74.6 Å². The second-order valence-corrected chi connectivity index (χ2v) is 7.26. The van der Waals surface area contributed by atoms with E-state index in [1.165, 1.54) is 6.26 Å². The maximum absolute atomic E-state index is 13.0. The summed E-state index contributed by atoms with van der Waals surface area (Å²) in [6.07, 6.45) is 3.40. The van der Waals surface area contributed by atoms with Crippen molar-refractivity contribution in [2.75, 3.05) is 32.0 Å². The summed E-state index contributed by atoms with van der Waals surface area (Å²) in [5.74, 6) is 0.695. The van der Waals surface area contributed by atoms with Crippen LogP contribution in [0.3, 0.4) is 0 Å². The molecule has 1 fully saturated rings. The van der Waals surface area contributed by atoms with Crippen LogP contribution in [0.1, 0.15) is 39.3 Å². The van der Waals surface area contributed by atoms with E-state index >= 15 is 0 Å². The van der Waals surface area contributed by atoms with Crippen LogP contribution >= 0.6 is 24.0 Å². The number of nitrogens with one attached hydrogen (secondary N) is 2. The second kappa shape index (κ2) is 9.96. The Morgan fingerprint density at radius 3 is 2.54 bits per heavy atom. The van der Waals surface area contributed by atoms with Crippen LogP contribution in [0, 0.1) is 12.8 Å². The van der Waals surface area contributed by atoms with E-state index in [1.54, 1.807) is 31.2 Å². The molecule has 0 atom stereocenters. The van der Waals surface area contributed by atoms with Gasteiger partial charge < -0.3 is 20.0 Å².